The van der Waals surface area contributed by atoms with Gasteiger partial charge in [-0.1, -0.05) is 48.5 Å². The molecule has 2 aliphatic rings. The minimum Gasteiger partial charge on any atom is -0.362 e. The highest BCUT2D eigenvalue weighted by Gasteiger charge is 2.31. The fraction of sp³-hybridized carbons (Fsp3) is 0.333. The van der Waals surface area contributed by atoms with E-state index in [9.17, 15) is 9.59 Å². The van der Waals surface area contributed by atoms with Gasteiger partial charge in [-0.15, -0.1) is 0 Å². The number of piperidine rings is 1. The van der Waals surface area contributed by atoms with Gasteiger partial charge in [-0.05, 0) is 30.0 Å². The predicted octanol–water partition coefficient (Wildman–Crippen LogP) is 2.19. The summed E-state index contributed by atoms with van der Waals surface area (Å²) in [6, 6.07) is 17.8. The number of nitrogens with one attached hydrogen (secondary N) is 2. The lowest BCUT2D eigenvalue weighted by molar-refractivity contribution is -0.126. The van der Waals surface area contributed by atoms with Crippen molar-refractivity contribution in [3.63, 3.8) is 0 Å². The normalized spacial score (nSPS) is 21.8. The molecule has 4 rings (SSSR count). The number of anilines is 1. The third-order valence-corrected chi connectivity index (χ3v) is 5.22. The second-order valence-corrected chi connectivity index (χ2v) is 6.97. The van der Waals surface area contributed by atoms with Gasteiger partial charge in [-0.3, -0.25) is 9.59 Å². The molecule has 2 heterocycles. The maximum atomic E-state index is 12.7. The van der Waals surface area contributed by atoms with E-state index in [1.807, 2.05) is 42.5 Å². The Balaban J connectivity index is 1.44. The van der Waals surface area contributed by atoms with Crippen molar-refractivity contribution in [2.75, 3.05) is 18.0 Å². The molecule has 2 atom stereocenters. The summed E-state index contributed by atoms with van der Waals surface area (Å²) in [5.41, 5.74) is 3.48. The topological polar surface area (TPSA) is 61.4 Å². The van der Waals surface area contributed by atoms with E-state index in [-0.39, 0.29) is 23.9 Å². The van der Waals surface area contributed by atoms with E-state index in [0.29, 0.717) is 19.4 Å². The van der Waals surface area contributed by atoms with Gasteiger partial charge in [0, 0.05) is 18.7 Å². The second-order valence-electron chi connectivity index (χ2n) is 6.97. The first-order chi connectivity index (χ1) is 12.7. The summed E-state index contributed by atoms with van der Waals surface area (Å²) in [6.07, 6.45) is 2.09. The first-order valence-corrected chi connectivity index (χ1v) is 9.17. The number of carbonyl (C=O) groups excluding carboxylic acids is 2. The molecule has 0 aliphatic carbocycles. The smallest absolute Gasteiger partial charge is 0.239 e. The summed E-state index contributed by atoms with van der Waals surface area (Å²) >= 11 is 0. The first kappa shape index (κ1) is 16.6. The van der Waals surface area contributed by atoms with Crippen LogP contribution >= 0.6 is 0 Å². The molecule has 1 saturated heterocycles. The lowest BCUT2D eigenvalue weighted by atomic mass is 9.92. The quantitative estimate of drug-likeness (QED) is 0.889. The zero-order valence-corrected chi connectivity index (χ0v) is 14.7. The van der Waals surface area contributed by atoms with Gasteiger partial charge in [0.2, 0.25) is 11.8 Å². The third-order valence-electron chi connectivity index (χ3n) is 5.22. The minimum atomic E-state index is -0.174. The molecule has 1 fully saturated rings. The predicted molar refractivity (Wildman–Crippen MR) is 101 cm³/mol. The molecule has 0 bridgehead atoms. The molecule has 2 aliphatic heterocycles. The van der Waals surface area contributed by atoms with Gasteiger partial charge in [0.1, 0.15) is 0 Å². The van der Waals surface area contributed by atoms with Crippen LogP contribution in [0.15, 0.2) is 54.6 Å². The van der Waals surface area contributed by atoms with Crippen LogP contribution in [0.3, 0.4) is 0 Å². The maximum Gasteiger partial charge on any atom is 0.239 e. The minimum absolute atomic E-state index is 0.00350. The van der Waals surface area contributed by atoms with E-state index in [4.69, 9.17) is 0 Å². The zero-order valence-electron chi connectivity index (χ0n) is 14.7. The molecule has 0 saturated carbocycles. The lowest BCUT2D eigenvalue weighted by Gasteiger charge is -2.33. The Morgan fingerprint density at radius 1 is 1.08 bits per heavy atom. The van der Waals surface area contributed by atoms with E-state index in [1.165, 1.54) is 5.56 Å². The summed E-state index contributed by atoms with van der Waals surface area (Å²) in [5, 5.41) is 6.18. The monoisotopic (exact) mass is 349 g/mol. The highest BCUT2D eigenvalue weighted by atomic mass is 16.2. The number of carbonyl (C=O) groups is 2. The molecular weight excluding hydrogens is 326 g/mol. The van der Waals surface area contributed by atoms with Crippen molar-refractivity contribution in [2.24, 2.45) is 0 Å². The van der Waals surface area contributed by atoms with Crippen molar-refractivity contribution in [2.45, 2.75) is 31.3 Å². The van der Waals surface area contributed by atoms with Crippen LogP contribution in [0.25, 0.3) is 0 Å². The first-order valence-electron chi connectivity index (χ1n) is 9.17. The molecule has 0 unspecified atom stereocenters. The molecule has 0 radical (unpaired) electrons. The van der Waals surface area contributed by atoms with E-state index in [1.54, 1.807) is 0 Å². The molecule has 26 heavy (non-hydrogen) atoms. The standard InChI is InChI=1S/C21H23N3O2/c25-19-11-10-17(21(23-19)16-7-2-1-3-8-16)22-20(26)14-24-13-12-15-6-4-5-9-18(15)24/h1-9,17,21H,10-14H2,(H,22,26)(H,23,25)/t17-,21-/m1/s1. The van der Waals surface area contributed by atoms with Gasteiger partial charge in [-0.25, -0.2) is 0 Å². The number of nitrogens with zero attached hydrogens (tertiary/aromatic N) is 1. The largest absolute Gasteiger partial charge is 0.362 e. The van der Waals surface area contributed by atoms with Gasteiger partial charge >= 0.3 is 0 Å². The Morgan fingerprint density at radius 2 is 1.85 bits per heavy atom. The van der Waals surface area contributed by atoms with Crippen LogP contribution in [0.5, 0.6) is 0 Å². The summed E-state index contributed by atoms with van der Waals surface area (Å²) in [5.74, 6) is 0.0432. The Hall–Kier alpha value is -2.82. The molecule has 0 spiro atoms. The molecule has 0 aromatic heterocycles. The Morgan fingerprint density at radius 3 is 2.69 bits per heavy atom. The van der Waals surface area contributed by atoms with Crippen molar-refractivity contribution in [1.29, 1.82) is 0 Å². The number of rotatable bonds is 4. The summed E-state index contributed by atoms with van der Waals surface area (Å²) in [4.78, 5) is 26.7. The molecule has 2 N–H and O–H groups in total. The fourth-order valence-corrected chi connectivity index (χ4v) is 3.93. The van der Waals surface area contributed by atoms with Gasteiger partial charge in [-0.2, -0.15) is 0 Å². The average Bonchev–Trinajstić information content (AvgIpc) is 3.07. The van der Waals surface area contributed by atoms with Gasteiger partial charge in [0.25, 0.3) is 0 Å². The fourth-order valence-electron chi connectivity index (χ4n) is 3.93. The van der Waals surface area contributed by atoms with Gasteiger partial charge < -0.3 is 15.5 Å². The molecule has 5 heteroatoms. The Kier molecular flexibility index (Phi) is 4.61. The molecule has 2 aromatic carbocycles. The third kappa shape index (κ3) is 3.43. The van der Waals surface area contributed by atoms with E-state index in [2.05, 4.69) is 27.7 Å². The number of amides is 2. The van der Waals surface area contributed by atoms with Crippen molar-refractivity contribution < 1.29 is 9.59 Å². The number of hydrogen-bond acceptors (Lipinski definition) is 3. The summed E-state index contributed by atoms with van der Waals surface area (Å²) in [6.45, 7) is 1.22. The lowest BCUT2D eigenvalue weighted by Crippen LogP contribution is -2.52. The number of para-hydroxylation sites is 1. The Bertz CT molecular complexity index is 806. The van der Waals surface area contributed by atoms with Crippen LogP contribution in [-0.4, -0.2) is 30.9 Å². The molecular formula is C21H23N3O2. The van der Waals surface area contributed by atoms with Crippen LogP contribution in [0.2, 0.25) is 0 Å². The summed E-state index contributed by atoms with van der Waals surface area (Å²) in [7, 11) is 0. The maximum absolute atomic E-state index is 12.7. The van der Waals surface area contributed by atoms with E-state index in [0.717, 1.165) is 24.2 Å². The van der Waals surface area contributed by atoms with E-state index >= 15 is 0 Å². The average molecular weight is 349 g/mol. The second kappa shape index (κ2) is 7.20. The number of hydrogen-bond donors (Lipinski definition) is 2. The molecule has 134 valence electrons. The number of fused-ring (bicyclic) bond motifs is 1. The summed E-state index contributed by atoms with van der Waals surface area (Å²) < 4.78 is 0. The van der Waals surface area contributed by atoms with Crippen LogP contribution < -0.4 is 15.5 Å². The van der Waals surface area contributed by atoms with Crippen LogP contribution in [0.4, 0.5) is 5.69 Å². The Labute approximate surface area is 153 Å². The highest BCUT2D eigenvalue weighted by molar-refractivity contribution is 5.83. The van der Waals surface area contributed by atoms with Crippen molar-refractivity contribution in [3.05, 3.63) is 65.7 Å². The number of benzene rings is 2. The van der Waals surface area contributed by atoms with Crippen molar-refractivity contribution in [3.8, 4) is 0 Å². The van der Waals surface area contributed by atoms with Crippen molar-refractivity contribution >= 4 is 17.5 Å². The zero-order chi connectivity index (χ0) is 17.9. The SMILES string of the molecule is O=C1CC[C@@H](NC(=O)CN2CCc3ccccc32)[C@@H](c2ccccc2)N1. The van der Waals surface area contributed by atoms with Crippen molar-refractivity contribution in [1.82, 2.24) is 10.6 Å². The van der Waals surface area contributed by atoms with Gasteiger partial charge in [0.05, 0.1) is 18.6 Å². The molecule has 2 aromatic rings. The van der Waals surface area contributed by atoms with Gasteiger partial charge in [0.15, 0.2) is 0 Å². The molecule has 2 amide bonds. The molecule has 5 nitrogen and oxygen atoms in total. The van der Waals surface area contributed by atoms with Crippen LogP contribution in [-0.2, 0) is 16.0 Å². The highest BCUT2D eigenvalue weighted by Crippen LogP contribution is 2.27. The van der Waals surface area contributed by atoms with Crippen LogP contribution in [0.1, 0.15) is 30.0 Å². The van der Waals surface area contributed by atoms with E-state index < -0.39 is 0 Å². The van der Waals surface area contributed by atoms with Crippen LogP contribution in [0, 0.1) is 0 Å².